The van der Waals surface area contributed by atoms with Gasteiger partial charge < -0.3 is 40.2 Å². The maximum Gasteiger partial charge on any atom is 0.407 e. The Morgan fingerprint density at radius 3 is 0.700 bits per heavy atom. The molecule has 0 aromatic carbocycles. The zero-order valence-electron chi connectivity index (χ0n) is 51.9. The van der Waals surface area contributed by atoms with Gasteiger partial charge in [0.05, 0.1) is 40.0 Å². The van der Waals surface area contributed by atoms with Gasteiger partial charge in [-0.25, -0.2) is 28.1 Å². The van der Waals surface area contributed by atoms with E-state index in [1.807, 2.05) is 28.2 Å². The van der Waals surface area contributed by atoms with Gasteiger partial charge in [0.1, 0.15) is 39.5 Å². The second-order valence-corrected chi connectivity index (χ2v) is 22.5. The fourth-order valence-electron chi connectivity index (χ4n) is 10.3. The standard InChI is InChI=1S/C76H72N6O8/c1-7-9-11-13-15-17-19-21-23-25-27-29-31-33-35-37-55-81(3,4)57-59-87-73(83)77-69-47-39-65(40-48-69)63-67-43-51-71(52-44-67)79-75(85)89-61-62-90-76(86)80-72-53-45-68(46-54-72)64-66-41-49-70(50-42-66)78-74(84)88-60-58-82(5,6)56-38-36-34-32-30-28-26-24-22-20-18-16-14-12-10-8-2/h1-2,65-72H,39-54,57-64H2,3-6H3,(H2-2,77,78,79,80,83,84,85,86)/p+2. The first kappa shape index (κ1) is 71.6. The minimum Gasteiger partial charge on any atom is -0.446 e. The quantitative estimate of drug-likeness (QED) is 0.0574. The molecule has 0 bridgehead atoms. The lowest BCUT2D eigenvalue weighted by atomic mass is 9.76. The van der Waals surface area contributed by atoms with Gasteiger partial charge in [-0.1, -0.05) is 0 Å². The van der Waals surface area contributed by atoms with E-state index < -0.39 is 24.4 Å². The fraction of sp³-hybridized carbons (Fsp3) is 0.474. The predicted molar refractivity (Wildman–Crippen MR) is 346 cm³/mol. The molecule has 454 valence electrons. The van der Waals surface area contributed by atoms with Gasteiger partial charge in [-0.2, -0.15) is 0 Å². The van der Waals surface area contributed by atoms with Crippen LogP contribution >= 0.6 is 0 Å². The van der Waals surface area contributed by atoms with Crippen molar-refractivity contribution in [3.05, 3.63) is 0 Å². The highest BCUT2D eigenvalue weighted by molar-refractivity contribution is 5.69. The van der Waals surface area contributed by atoms with Crippen LogP contribution in [-0.2, 0) is 18.9 Å². The molecule has 4 rings (SSSR count). The number of quaternary nitrogens is 2. The average Bonchev–Trinajstić information content (AvgIpc) is 1.92. The van der Waals surface area contributed by atoms with Gasteiger partial charge in [-0.05, 0) is 234 Å². The van der Waals surface area contributed by atoms with E-state index in [2.05, 4.69) is 223 Å². The Balaban J connectivity index is 0.958. The lowest BCUT2D eigenvalue weighted by molar-refractivity contribution is -0.822. The summed E-state index contributed by atoms with van der Waals surface area (Å²) in [5, 5.41) is 12.1. The van der Waals surface area contributed by atoms with E-state index in [0.29, 0.717) is 36.8 Å². The van der Waals surface area contributed by atoms with E-state index in [4.69, 9.17) is 31.8 Å². The smallest absolute Gasteiger partial charge is 0.407 e. The number of nitrogens with one attached hydrogen (secondary N) is 4. The molecule has 0 aromatic heterocycles. The van der Waals surface area contributed by atoms with E-state index in [1.165, 1.54) is 0 Å². The van der Waals surface area contributed by atoms with Crippen LogP contribution in [0, 0.1) is 238 Å². The fourth-order valence-corrected chi connectivity index (χ4v) is 10.3. The Labute approximate surface area is 535 Å². The highest BCUT2D eigenvalue weighted by atomic mass is 16.6. The number of alkyl carbamates (subject to hydrolysis) is 4. The molecule has 0 radical (unpaired) electrons. The first-order chi connectivity index (χ1) is 43.7. The van der Waals surface area contributed by atoms with Crippen molar-refractivity contribution in [1.82, 2.24) is 21.3 Å². The second-order valence-electron chi connectivity index (χ2n) is 22.5. The summed E-state index contributed by atoms with van der Waals surface area (Å²) in [5.74, 6) is 83.1. The van der Waals surface area contributed by atoms with Crippen LogP contribution in [0.3, 0.4) is 0 Å². The SMILES string of the molecule is C#CC#CC#CC#CC#CC#CC#CC#CC#C[N+](C)(C)CCOC(=O)NC1CCC(CC2CCC(NC(=O)OCCOC(=O)NC3CCC(CC4CCC(NC(=O)OCC[N+](C)(C)C#CC#CC#CC#CC#CC#CC#CC#CC#C)CC4)CC3)CC2)CC1. The third kappa shape index (κ3) is 35.5. The lowest BCUT2D eigenvalue weighted by Crippen LogP contribution is -2.41. The summed E-state index contributed by atoms with van der Waals surface area (Å²) in [6.07, 6.45) is 26.1. The number of hydrogen-bond acceptors (Lipinski definition) is 8. The van der Waals surface area contributed by atoms with Gasteiger partial charge in [0, 0.05) is 107 Å². The summed E-state index contributed by atoms with van der Waals surface area (Å²) in [6, 6.07) is 6.36. The zero-order valence-corrected chi connectivity index (χ0v) is 51.9. The number of hydrogen-bond donors (Lipinski definition) is 4. The molecule has 0 aromatic rings. The van der Waals surface area contributed by atoms with E-state index in [0.717, 1.165) is 116 Å². The number of likely N-dealkylation sites (N-methyl/N-ethyl adjacent to an activating group) is 2. The average molecular weight is 1200 g/mol. The van der Waals surface area contributed by atoms with Crippen LogP contribution in [-0.4, -0.2) is 125 Å². The Morgan fingerprint density at radius 1 is 0.300 bits per heavy atom. The molecular weight excluding hydrogens is 1120 g/mol. The minimum absolute atomic E-state index is 0.0171. The van der Waals surface area contributed by atoms with E-state index >= 15 is 0 Å². The predicted octanol–water partition coefficient (Wildman–Crippen LogP) is 6.30. The molecule has 0 atom stereocenters. The molecule has 90 heavy (non-hydrogen) atoms. The molecule has 4 amide bonds. The minimum atomic E-state index is -0.489. The number of terminal acetylenes is 2. The highest BCUT2D eigenvalue weighted by Gasteiger charge is 2.31. The first-order valence-electron chi connectivity index (χ1n) is 30.1. The second kappa shape index (κ2) is 43.7. The molecule has 14 heteroatoms. The highest BCUT2D eigenvalue weighted by Crippen LogP contribution is 2.37. The summed E-state index contributed by atoms with van der Waals surface area (Å²) < 4.78 is 22.3. The van der Waals surface area contributed by atoms with Crippen LogP contribution < -0.4 is 21.3 Å². The van der Waals surface area contributed by atoms with Crippen LogP contribution in [0.1, 0.15) is 116 Å². The summed E-state index contributed by atoms with van der Waals surface area (Å²) in [5.41, 5.74) is 0. The number of ether oxygens (including phenoxy) is 4. The summed E-state index contributed by atoms with van der Waals surface area (Å²) in [7, 11) is 7.61. The van der Waals surface area contributed by atoms with Gasteiger partial charge in [0.15, 0.2) is 12.1 Å². The van der Waals surface area contributed by atoms with Crippen molar-refractivity contribution in [1.29, 1.82) is 0 Å². The van der Waals surface area contributed by atoms with Crippen LogP contribution in [0.2, 0.25) is 0 Å². The molecule has 0 unspecified atom stereocenters. The Kier molecular flexibility index (Phi) is 34.7. The lowest BCUT2D eigenvalue weighted by Gasteiger charge is -2.34. The molecular formula is C76H74N6O8+2. The van der Waals surface area contributed by atoms with Crippen molar-refractivity contribution in [2.24, 2.45) is 23.7 Å². The topological polar surface area (TPSA) is 153 Å². The molecule has 4 aliphatic carbocycles. The molecule has 4 N–H and O–H groups in total. The number of carbonyl (C=O) groups excluding carboxylic acids is 4. The number of rotatable bonds is 17. The molecule has 14 nitrogen and oxygen atoms in total. The van der Waals surface area contributed by atoms with Crippen LogP contribution in [0.4, 0.5) is 19.2 Å². The summed E-state index contributed by atoms with van der Waals surface area (Å²) >= 11 is 0. The Bertz CT molecular complexity index is 3460. The summed E-state index contributed by atoms with van der Waals surface area (Å²) in [6.45, 7) is 1.37. The van der Waals surface area contributed by atoms with E-state index in [9.17, 15) is 19.2 Å². The number of carbonyl (C=O) groups is 4. The van der Waals surface area contributed by atoms with Crippen molar-refractivity contribution in [3.8, 4) is 214 Å². The third-order valence-electron chi connectivity index (χ3n) is 14.9. The van der Waals surface area contributed by atoms with E-state index in [-0.39, 0.29) is 59.6 Å². The molecule has 0 saturated heterocycles. The first-order valence-corrected chi connectivity index (χ1v) is 30.1. The molecule has 4 saturated carbocycles. The van der Waals surface area contributed by atoms with Gasteiger partial charge in [-0.3, -0.25) is 0 Å². The van der Waals surface area contributed by atoms with Crippen molar-refractivity contribution in [3.63, 3.8) is 0 Å². The van der Waals surface area contributed by atoms with Gasteiger partial charge in [0.2, 0.25) is 0 Å². The van der Waals surface area contributed by atoms with Crippen molar-refractivity contribution in [2.45, 2.75) is 140 Å². The van der Waals surface area contributed by atoms with Gasteiger partial charge in [0.25, 0.3) is 0 Å². The van der Waals surface area contributed by atoms with E-state index in [1.54, 1.807) is 0 Å². The van der Waals surface area contributed by atoms with Gasteiger partial charge >= 0.3 is 24.4 Å². The monoisotopic (exact) mass is 1200 g/mol. The van der Waals surface area contributed by atoms with Crippen molar-refractivity contribution < 1.29 is 47.1 Å². The molecule has 0 heterocycles. The molecule has 4 fully saturated rings. The normalized spacial score (nSPS) is 19.3. The number of nitrogens with zero attached hydrogens (tertiary/aromatic N) is 2. The van der Waals surface area contributed by atoms with Crippen LogP contribution in [0.25, 0.3) is 0 Å². The van der Waals surface area contributed by atoms with Crippen molar-refractivity contribution in [2.75, 3.05) is 67.7 Å². The summed E-state index contributed by atoms with van der Waals surface area (Å²) in [4.78, 5) is 50.4. The maximum absolute atomic E-state index is 12.6. The number of amides is 4. The van der Waals surface area contributed by atoms with Gasteiger partial charge in [-0.15, -0.1) is 12.8 Å². The molecule has 0 aliphatic heterocycles. The maximum atomic E-state index is 12.6. The van der Waals surface area contributed by atoms with Crippen LogP contribution in [0.15, 0.2) is 0 Å². The Morgan fingerprint density at radius 2 is 0.489 bits per heavy atom. The molecule has 0 spiro atoms. The Hall–Kier alpha value is -10.9. The molecule has 4 aliphatic rings. The van der Waals surface area contributed by atoms with Crippen LogP contribution in [0.5, 0.6) is 0 Å². The third-order valence-corrected chi connectivity index (χ3v) is 14.9. The largest absolute Gasteiger partial charge is 0.446 e. The zero-order chi connectivity index (χ0) is 64.6. The van der Waals surface area contributed by atoms with Crippen molar-refractivity contribution >= 4 is 24.4 Å².